The van der Waals surface area contributed by atoms with E-state index in [9.17, 15) is 0 Å². The third-order valence-electron chi connectivity index (χ3n) is 5.45. The number of nitrogens with zero attached hydrogens (tertiary/aromatic N) is 4. The van der Waals surface area contributed by atoms with Crippen molar-refractivity contribution in [2.45, 2.75) is 32.2 Å². The molecule has 3 heterocycles. The molecule has 0 unspecified atom stereocenters. The van der Waals surface area contributed by atoms with E-state index in [0.29, 0.717) is 12.5 Å². The molecular formula is C22H23N5O2S. The Hall–Kier alpha value is -3.13. The van der Waals surface area contributed by atoms with Crippen LogP contribution < -0.4 is 14.8 Å². The molecule has 0 amide bonds. The summed E-state index contributed by atoms with van der Waals surface area (Å²) in [6.45, 7) is 0.625. The first-order valence-corrected chi connectivity index (χ1v) is 10.8. The SMILES string of the molecule is COc1ccc(CNc2nc(-n3ccnc3)nc3sc4c(c23)CCCC4)cc1OC. The number of hydrogen-bond acceptors (Lipinski definition) is 7. The van der Waals surface area contributed by atoms with Crippen molar-refractivity contribution in [2.75, 3.05) is 19.5 Å². The van der Waals surface area contributed by atoms with Crippen molar-refractivity contribution in [1.29, 1.82) is 0 Å². The van der Waals surface area contributed by atoms with Crippen molar-refractivity contribution in [3.8, 4) is 17.4 Å². The van der Waals surface area contributed by atoms with E-state index < -0.39 is 0 Å². The van der Waals surface area contributed by atoms with Gasteiger partial charge in [-0.3, -0.25) is 4.57 Å². The Bertz CT molecular complexity index is 1190. The van der Waals surface area contributed by atoms with Gasteiger partial charge in [-0.2, -0.15) is 4.98 Å². The summed E-state index contributed by atoms with van der Waals surface area (Å²) < 4.78 is 12.6. The Morgan fingerprint density at radius 1 is 1.10 bits per heavy atom. The maximum absolute atomic E-state index is 5.44. The topological polar surface area (TPSA) is 74.1 Å². The Morgan fingerprint density at radius 3 is 2.77 bits per heavy atom. The van der Waals surface area contributed by atoms with Crippen LogP contribution in [0.15, 0.2) is 36.9 Å². The first kappa shape index (κ1) is 18.9. The van der Waals surface area contributed by atoms with E-state index in [0.717, 1.165) is 40.6 Å². The Kier molecular flexibility index (Phi) is 5.00. The van der Waals surface area contributed by atoms with Gasteiger partial charge >= 0.3 is 0 Å². The lowest BCUT2D eigenvalue weighted by molar-refractivity contribution is 0.354. The first-order chi connectivity index (χ1) is 14.8. The predicted octanol–water partition coefficient (Wildman–Crippen LogP) is 4.39. The van der Waals surface area contributed by atoms with Gasteiger partial charge in [-0.15, -0.1) is 11.3 Å². The second-order valence-corrected chi connectivity index (χ2v) is 8.36. The van der Waals surface area contributed by atoms with Crippen LogP contribution in [0.3, 0.4) is 0 Å². The summed E-state index contributed by atoms with van der Waals surface area (Å²) in [5, 5.41) is 4.72. The molecule has 0 bridgehead atoms. The number of thiophene rings is 1. The number of fused-ring (bicyclic) bond motifs is 3. The highest BCUT2D eigenvalue weighted by molar-refractivity contribution is 7.19. The number of ether oxygens (including phenoxy) is 2. The van der Waals surface area contributed by atoms with Gasteiger partial charge in [0.15, 0.2) is 11.5 Å². The van der Waals surface area contributed by atoms with Gasteiger partial charge in [0.25, 0.3) is 0 Å². The highest BCUT2D eigenvalue weighted by atomic mass is 32.1. The van der Waals surface area contributed by atoms with Gasteiger partial charge < -0.3 is 14.8 Å². The number of anilines is 1. The molecule has 0 spiro atoms. The molecule has 0 radical (unpaired) electrons. The van der Waals surface area contributed by atoms with Gasteiger partial charge in [-0.25, -0.2) is 9.97 Å². The molecule has 1 aromatic carbocycles. The average molecular weight is 422 g/mol. The lowest BCUT2D eigenvalue weighted by atomic mass is 9.97. The molecule has 0 fully saturated rings. The molecule has 5 rings (SSSR count). The standard InChI is InChI=1S/C22H23N5O2S/c1-28-16-8-7-14(11-17(16)29-2)12-24-20-19-15-5-3-4-6-18(15)30-21(19)26-22(25-20)27-10-9-23-13-27/h7-11,13H,3-6,12H2,1-2H3,(H,24,25,26). The second kappa shape index (κ2) is 7.95. The van der Waals surface area contributed by atoms with Crippen LogP contribution in [0.25, 0.3) is 16.2 Å². The van der Waals surface area contributed by atoms with E-state index in [-0.39, 0.29) is 0 Å². The van der Waals surface area contributed by atoms with Crippen molar-refractivity contribution in [3.05, 3.63) is 52.9 Å². The van der Waals surface area contributed by atoms with Crippen LogP contribution in [0.4, 0.5) is 5.82 Å². The highest BCUT2D eigenvalue weighted by Gasteiger charge is 2.21. The normalized spacial score (nSPS) is 13.3. The molecule has 30 heavy (non-hydrogen) atoms. The van der Waals surface area contributed by atoms with E-state index in [1.165, 1.54) is 28.7 Å². The van der Waals surface area contributed by atoms with Crippen molar-refractivity contribution in [1.82, 2.24) is 19.5 Å². The van der Waals surface area contributed by atoms with Crippen LogP contribution in [0.1, 0.15) is 28.8 Å². The summed E-state index contributed by atoms with van der Waals surface area (Å²) in [7, 11) is 3.29. The number of methoxy groups -OCH3 is 2. The lowest BCUT2D eigenvalue weighted by Crippen LogP contribution is -2.08. The molecule has 1 aliphatic rings. The molecule has 154 valence electrons. The molecule has 3 aromatic heterocycles. The van der Waals surface area contributed by atoms with Crippen molar-refractivity contribution < 1.29 is 9.47 Å². The lowest BCUT2D eigenvalue weighted by Gasteiger charge is -2.14. The molecule has 0 aliphatic heterocycles. The molecule has 0 saturated heterocycles. The fourth-order valence-corrected chi connectivity index (χ4v) is 5.20. The minimum absolute atomic E-state index is 0.625. The largest absolute Gasteiger partial charge is 0.493 e. The number of imidazole rings is 1. The first-order valence-electron chi connectivity index (χ1n) is 10.0. The van der Waals surface area contributed by atoms with Crippen molar-refractivity contribution >= 4 is 27.4 Å². The summed E-state index contributed by atoms with van der Waals surface area (Å²) in [6, 6.07) is 5.95. The van der Waals surface area contributed by atoms with Gasteiger partial charge in [0.1, 0.15) is 17.0 Å². The Morgan fingerprint density at radius 2 is 1.97 bits per heavy atom. The number of aryl methyl sites for hydroxylation is 2. The predicted molar refractivity (Wildman–Crippen MR) is 118 cm³/mol. The number of hydrogen-bond donors (Lipinski definition) is 1. The average Bonchev–Trinajstić information content (AvgIpc) is 3.45. The molecule has 7 nitrogen and oxygen atoms in total. The summed E-state index contributed by atoms with van der Waals surface area (Å²) in [6.07, 6.45) is 10.0. The second-order valence-electron chi connectivity index (χ2n) is 7.28. The quantitative estimate of drug-likeness (QED) is 0.498. The van der Waals surface area contributed by atoms with Crippen LogP contribution in [0, 0.1) is 0 Å². The zero-order chi connectivity index (χ0) is 20.5. The maximum Gasteiger partial charge on any atom is 0.238 e. The molecule has 8 heteroatoms. The minimum Gasteiger partial charge on any atom is -0.493 e. The molecule has 0 atom stereocenters. The van der Waals surface area contributed by atoms with E-state index in [1.807, 2.05) is 29.0 Å². The molecule has 4 aromatic rings. The van der Waals surface area contributed by atoms with E-state index >= 15 is 0 Å². The summed E-state index contributed by atoms with van der Waals surface area (Å²) in [5.41, 5.74) is 2.50. The monoisotopic (exact) mass is 421 g/mol. The van der Waals surface area contributed by atoms with Gasteiger partial charge in [-0.1, -0.05) is 6.07 Å². The molecule has 1 aliphatic carbocycles. The minimum atomic E-state index is 0.625. The molecule has 1 N–H and O–H groups in total. The summed E-state index contributed by atoms with van der Waals surface area (Å²) in [5.74, 6) is 2.95. The van der Waals surface area contributed by atoms with Crippen LogP contribution >= 0.6 is 11.3 Å². The Balaban J connectivity index is 1.54. The molecule has 0 saturated carbocycles. The summed E-state index contributed by atoms with van der Waals surface area (Å²) >= 11 is 1.80. The van der Waals surface area contributed by atoms with Crippen LogP contribution in [0.5, 0.6) is 11.5 Å². The highest BCUT2D eigenvalue weighted by Crippen LogP contribution is 2.39. The number of nitrogens with one attached hydrogen (secondary N) is 1. The van der Waals surface area contributed by atoms with E-state index in [1.54, 1.807) is 38.1 Å². The smallest absolute Gasteiger partial charge is 0.238 e. The maximum atomic E-state index is 5.44. The van der Waals surface area contributed by atoms with Crippen LogP contribution in [-0.4, -0.2) is 33.7 Å². The van der Waals surface area contributed by atoms with Gasteiger partial charge in [-0.05, 0) is 48.9 Å². The van der Waals surface area contributed by atoms with Crippen LogP contribution in [-0.2, 0) is 19.4 Å². The Labute approximate surface area is 178 Å². The van der Waals surface area contributed by atoms with Crippen molar-refractivity contribution in [2.24, 2.45) is 0 Å². The van der Waals surface area contributed by atoms with E-state index in [2.05, 4.69) is 10.3 Å². The van der Waals surface area contributed by atoms with Gasteiger partial charge in [0.2, 0.25) is 5.95 Å². The fraction of sp³-hybridized carbons (Fsp3) is 0.318. The van der Waals surface area contributed by atoms with Gasteiger partial charge in [0, 0.05) is 23.8 Å². The number of benzene rings is 1. The van der Waals surface area contributed by atoms with Gasteiger partial charge in [0.05, 0.1) is 19.6 Å². The fourth-order valence-electron chi connectivity index (χ4n) is 3.94. The number of aromatic nitrogens is 4. The third-order valence-corrected chi connectivity index (χ3v) is 6.63. The van der Waals surface area contributed by atoms with E-state index in [4.69, 9.17) is 19.4 Å². The van der Waals surface area contributed by atoms with Crippen LogP contribution in [0.2, 0.25) is 0 Å². The molecular weight excluding hydrogens is 398 g/mol. The number of rotatable bonds is 6. The zero-order valence-corrected chi connectivity index (χ0v) is 17.8. The third kappa shape index (κ3) is 3.37. The zero-order valence-electron chi connectivity index (χ0n) is 17.0. The van der Waals surface area contributed by atoms with Crippen molar-refractivity contribution in [3.63, 3.8) is 0 Å². The summed E-state index contributed by atoms with van der Waals surface area (Å²) in [4.78, 5) is 16.3.